The average Bonchev–Trinajstić information content (AvgIpc) is 1.55. The van der Waals surface area contributed by atoms with E-state index in [1.165, 1.54) is 146 Å². The van der Waals surface area contributed by atoms with Crippen LogP contribution in [0.4, 0.5) is 0 Å². The van der Waals surface area contributed by atoms with Gasteiger partial charge in [-0.3, -0.25) is 13.7 Å². The molecule has 0 aliphatic carbocycles. The first-order valence-corrected chi connectivity index (χ1v) is 47.0. The molecule has 6 heterocycles. The fourth-order valence-corrected chi connectivity index (χ4v) is 22.2. The Labute approximate surface area is 794 Å². The quantitative estimate of drug-likeness (QED) is 0.0866. The van der Waals surface area contributed by atoms with Crippen LogP contribution in [-0.2, 0) is 0 Å². The van der Waals surface area contributed by atoms with E-state index in [-0.39, 0.29) is 0 Å². The molecule has 0 saturated heterocycles. The largest absolute Gasteiger partial charge is 0.278 e. The minimum atomic E-state index is 0.601. The summed E-state index contributed by atoms with van der Waals surface area (Å²) in [4.78, 5) is 46.4. The van der Waals surface area contributed by atoms with E-state index in [4.69, 9.17) is 44.9 Å². The van der Waals surface area contributed by atoms with Crippen molar-refractivity contribution in [2.75, 3.05) is 0 Å². The Balaban J connectivity index is 0.000000101. The number of hydrogen-bond acceptors (Lipinski definition) is 9. The molecule has 12 nitrogen and oxygen atoms in total. The highest BCUT2D eigenvalue weighted by Crippen LogP contribution is 2.52. The van der Waals surface area contributed by atoms with E-state index < -0.39 is 0 Å². The standard InChI is InChI=1S/C47H28N4.C41H24N4.C39H22N4/c1-3-9-29(10-4-1)31-17-23-35(24-18-31)45-48-46(36-25-19-32(20-26-36)30-11-5-2-6-12-30)50-47(49-45)51-39-16-8-15-38-37-14-7-13-33-21-22-34-27-28-40(51)44(43(38)39)42(34)41(33)37;1-3-10-25(11-4-1)29-15-7-16-30(24-29)40-42-39(28-12-5-2-6-13-28)43-41(44-40)45-33-19-9-18-32-31-17-8-14-26-20-21-27-22-23-34(45)38(37(32)33)36(27)35(26)31;1-2-9-26(10-3-1)37-40-38(28-19-16-23-8-4-5-11-27(23)22-28)42-39(41-37)43-31-15-7-14-30-29-13-6-12-24-17-18-25-20-21-32(43)36(35(30)31)34(25)33(24)29/h1-28H;1-24H;1-22H. The van der Waals surface area contributed by atoms with Gasteiger partial charge in [-0.1, -0.05) is 400 Å². The molecule has 139 heavy (non-hydrogen) atoms. The van der Waals surface area contributed by atoms with Crippen molar-refractivity contribution in [1.82, 2.24) is 58.6 Å². The molecule has 0 atom stereocenters. The maximum Gasteiger partial charge on any atom is 0.238 e. The summed E-state index contributed by atoms with van der Waals surface area (Å²) in [5.41, 5.74) is 19.2. The van der Waals surface area contributed by atoms with E-state index in [2.05, 4.69) is 408 Å². The number of hydrogen-bond donors (Lipinski definition) is 0. The summed E-state index contributed by atoms with van der Waals surface area (Å²) in [6, 6.07) is 159. The topological polar surface area (TPSA) is 131 Å². The Morgan fingerprint density at radius 3 is 0.691 bits per heavy atom. The fourth-order valence-electron chi connectivity index (χ4n) is 22.2. The Hall–Kier alpha value is -18.9. The number of nitrogens with zero attached hydrogens (tertiary/aromatic N) is 12. The Morgan fingerprint density at radius 1 is 0.115 bits per heavy atom. The summed E-state index contributed by atoms with van der Waals surface area (Å²) in [6.45, 7) is 0. The van der Waals surface area contributed by atoms with Crippen LogP contribution in [0.15, 0.2) is 449 Å². The maximum absolute atomic E-state index is 5.25. The number of fused-ring (bicyclic) bond motifs is 4. The molecule has 25 aromatic carbocycles. The van der Waals surface area contributed by atoms with Gasteiger partial charge in [-0.25, -0.2) is 15.0 Å². The summed E-state index contributed by atoms with van der Waals surface area (Å²) in [5, 5.41) is 32.8. The van der Waals surface area contributed by atoms with Crippen molar-refractivity contribution in [3.05, 3.63) is 449 Å². The zero-order valence-corrected chi connectivity index (χ0v) is 74.6. The van der Waals surface area contributed by atoms with Crippen molar-refractivity contribution < 1.29 is 0 Å². The molecule has 0 aliphatic rings. The third-order valence-corrected chi connectivity index (χ3v) is 28.5. The Bertz CT molecular complexity index is 10200. The normalized spacial score (nSPS) is 12.0. The maximum atomic E-state index is 5.25. The SMILES string of the molecule is c1ccc(-c2ccc(-c3nc(-c4ccc(-c5ccccc5)cc4)nc(-n4c5cccc6c7cccc8ccc9ccc4c(c9c87)c65)n3)cc2)cc1.c1ccc(-c2cccc(-c3nc(-c4ccccc4)nc(-n4c5cccc6c7cccc8ccc9ccc4c(c9c87)c65)n3)c2)cc1.c1ccc(-c2nc(-c3ccc4ccccc4c3)nc(-n3c4cccc5c6cccc7ccc8ccc3c(c8c76)c54)n2)cc1. The molecule has 0 amide bonds. The minimum Gasteiger partial charge on any atom is -0.278 e. The lowest BCUT2D eigenvalue weighted by atomic mass is 9.89. The highest BCUT2D eigenvalue weighted by molar-refractivity contribution is 6.43. The zero-order valence-electron chi connectivity index (χ0n) is 74.6. The van der Waals surface area contributed by atoms with Crippen LogP contribution in [0.1, 0.15) is 0 Å². The second-order valence-electron chi connectivity index (χ2n) is 36.2. The summed E-state index contributed by atoms with van der Waals surface area (Å²) in [7, 11) is 0. The van der Waals surface area contributed by atoms with Gasteiger partial charge in [0.15, 0.2) is 34.9 Å². The van der Waals surface area contributed by atoms with Crippen molar-refractivity contribution >= 4 is 173 Å². The van der Waals surface area contributed by atoms with Crippen molar-refractivity contribution in [3.63, 3.8) is 0 Å². The number of rotatable bonds is 12. The Kier molecular flexibility index (Phi) is 17.2. The van der Waals surface area contributed by atoms with E-state index in [0.717, 1.165) is 94.1 Å². The average molecular weight is 1770 g/mol. The molecule has 0 bridgehead atoms. The van der Waals surface area contributed by atoms with E-state index in [9.17, 15) is 0 Å². The van der Waals surface area contributed by atoms with Gasteiger partial charge in [0.25, 0.3) is 0 Å². The van der Waals surface area contributed by atoms with Crippen LogP contribution in [0.5, 0.6) is 0 Å². The third kappa shape index (κ3) is 12.2. The smallest absolute Gasteiger partial charge is 0.238 e. The van der Waals surface area contributed by atoms with E-state index in [1.807, 2.05) is 54.6 Å². The molecular weight excluding hydrogens is 1690 g/mol. The van der Waals surface area contributed by atoms with Crippen LogP contribution in [-0.4, -0.2) is 58.6 Å². The van der Waals surface area contributed by atoms with Crippen molar-refractivity contribution in [1.29, 1.82) is 0 Å². The van der Waals surface area contributed by atoms with Gasteiger partial charge in [0.1, 0.15) is 0 Å². The summed E-state index contributed by atoms with van der Waals surface area (Å²) >= 11 is 0. The molecule has 31 rings (SSSR count). The second-order valence-corrected chi connectivity index (χ2v) is 36.2. The molecule has 0 spiro atoms. The fraction of sp³-hybridized carbons (Fsp3) is 0. The van der Waals surface area contributed by atoms with Gasteiger partial charge in [0.2, 0.25) is 17.8 Å². The third-order valence-electron chi connectivity index (χ3n) is 28.5. The Morgan fingerprint density at radius 2 is 0.331 bits per heavy atom. The second kappa shape index (κ2) is 30.8. The van der Waals surface area contributed by atoms with Gasteiger partial charge in [0, 0.05) is 81.9 Å². The first kappa shape index (κ1) is 77.7. The highest BCUT2D eigenvalue weighted by Gasteiger charge is 2.30. The summed E-state index contributed by atoms with van der Waals surface area (Å²) in [5.74, 6) is 5.69. The molecule has 12 heteroatoms. The van der Waals surface area contributed by atoms with Crippen LogP contribution in [0.2, 0.25) is 0 Å². The van der Waals surface area contributed by atoms with Crippen LogP contribution < -0.4 is 0 Å². The summed E-state index contributed by atoms with van der Waals surface area (Å²) in [6.07, 6.45) is 0. The molecule has 0 unspecified atom stereocenters. The van der Waals surface area contributed by atoms with E-state index in [1.54, 1.807) is 0 Å². The van der Waals surface area contributed by atoms with Crippen molar-refractivity contribution in [2.24, 2.45) is 0 Å². The molecule has 31 aromatic rings. The first-order chi connectivity index (χ1) is 68.9. The van der Waals surface area contributed by atoms with Crippen LogP contribution in [0.25, 0.3) is 293 Å². The molecule has 0 radical (unpaired) electrons. The van der Waals surface area contributed by atoms with Gasteiger partial charge in [-0.05, 0) is 173 Å². The van der Waals surface area contributed by atoms with Crippen LogP contribution >= 0.6 is 0 Å². The van der Waals surface area contributed by atoms with Gasteiger partial charge in [0.05, 0.1) is 33.1 Å². The highest BCUT2D eigenvalue weighted by atomic mass is 15.2. The van der Waals surface area contributed by atoms with Gasteiger partial charge in [-0.15, -0.1) is 0 Å². The molecular formula is C127H74N12. The minimum absolute atomic E-state index is 0.601. The zero-order chi connectivity index (χ0) is 91.0. The molecule has 6 aromatic heterocycles. The molecule has 0 N–H and O–H groups in total. The van der Waals surface area contributed by atoms with Gasteiger partial charge in [-0.2, -0.15) is 29.9 Å². The number of benzene rings is 25. The number of aromatic nitrogens is 12. The van der Waals surface area contributed by atoms with Gasteiger partial charge >= 0.3 is 0 Å². The van der Waals surface area contributed by atoms with Crippen LogP contribution in [0, 0.1) is 0 Å². The summed E-state index contributed by atoms with van der Waals surface area (Å²) < 4.78 is 6.71. The lowest BCUT2D eigenvalue weighted by Gasteiger charge is -2.13. The van der Waals surface area contributed by atoms with E-state index in [0.29, 0.717) is 52.8 Å². The first-order valence-electron chi connectivity index (χ1n) is 47.0. The monoisotopic (exact) mass is 1770 g/mol. The van der Waals surface area contributed by atoms with Gasteiger partial charge < -0.3 is 0 Å². The lowest BCUT2D eigenvalue weighted by molar-refractivity contribution is 0.953. The molecule has 0 saturated carbocycles. The van der Waals surface area contributed by atoms with E-state index >= 15 is 0 Å². The predicted molar refractivity (Wildman–Crippen MR) is 574 cm³/mol. The molecule has 0 fully saturated rings. The van der Waals surface area contributed by atoms with Crippen LogP contribution in [0.3, 0.4) is 0 Å². The lowest BCUT2D eigenvalue weighted by Crippen LogP contribution is -2.06. The molecule has 642 valence electrons. The van der Waals surface area contributed by atoms with Crippen molar-refractivity contribution in [3.8, 4) is 120 Å². The van der Waals surface area contributed by atoms with Crippen molar-refractivity contribution in [2.45, 2.75) is 0 Å². The predicted octanol–water partition coefficient (Wildman–Crippen LogP) is 32.1. The molecule has 0 aliphatic heterocycles.